The van der Waals surface area contributed by atoms with Crippen molar-refractivity contribution in [1.82, 2.24) is 10.6 Å². The smallest absolute Gasteiger partial charge is 0.216 e. The van der Waals surface area contributed by atoms with Crippen molar-refractivity contribution in [2.24, 2.45) is 0 Å². The van der Waals surface area contributed by atoms with Gasteiger partial charge in [-0.25, -0.2) is 0 Å². The van der Waals surface area contributed by atoms with Crippen molar-refractivity contribution in [3.8, 4) is 5.75 Å². The van der Waals surface area contributed by atoms with Gasteiger partial charge in [0.05, 0.1) is 7.11 Å². The Bertz CT molecular complexity index is 596. The highest BCUT2D eigenvalue weighted by Gasteiger charge is 1.99. The van der Waals surface area contributed by atoms with Crippen LogP contribution < -0.4 is 15.4 Å². The quantitative estimate of drug-likeness (QED) is 0.792. The van der Waals surface area contributed by atoms with E-state index in [0.29, 0.717) is 6.54 Å². The highest BCUT2D eigenvalue weighted by molar-refractivity contribution is 5.84. The predicted molar refractivity (Wildman–Crippen MR) is 80.9 cm³/mol. The molecule has 1 amide bonds. The second-order valence-electron chi connectivity index (χ2n) is 4.71. The van der Waals surface area contributed by atoms with Crippen LogP contribution in [0, 0.1) is 0 Å². The zero-order valence-electron chi connectivity index (χ0n) is 11.9. The number of carbonyl (C=O) groups is 1. The molecule has 0 atom stereocenters. The number of amides is 1. The Balaban J connectivity index is 1.93. The summed E-state index contributed by atoms with van der Waals surface area (Å²) < 4.78 is 5.22. The third-order valence-corrected chi connectivity index (χ3v) is 3.12. The maximum absolute atomic E-state index is 10.7. The second kappa shape index (κ2) is 6.91. The molecule has 0 unspecified atom stereocenters. The monoisotopic (exact) mass is 272 g/mol. The van der Waals surface area contributed by atoms with Gasteiger partial charge in [0, 0.05) is 26.6 Å². The van der Waals surface area contributed by atoms with E-state index >= 15 is 0 Å². The van der Waals surface area contributed by atoms with Crippen LogP contribution in [0.5, 0.6) is 5.75 Å². The number of hydrogen-bond donors (Lipinski definition) is 2. The van der Waals surface area contributed by atoms with Crippen molar-refractivity contribution in [2.45, 2.75) is 13.5 Å². The first kappa shape index (κ1) is 14.3. The predicted octanol–water partition coefficient (Wildman–Crippen LogP) is 2.07. The molecule has 0 aromatic heterocycles. The molecule has 4 heteroatoms. The molecule has 2 rings (SSSR count). The largest absolute Gasteiger partial charge is 0.497 e. The summed E-state index contributed by atoms with van der Waals surface area (Å²) in [6.07, 6.45) is 0. The first-order chi connectivity index (χ1) is 9.69. The summed E-state index contributed by atoms with van der Waals surface area (Å²) in [5, 5.41) is 8.44. The van der Waals surface area contributed by atoms with E-state index in [9.17, 15) is 4.79 Å². The fourth-order valence-corrected chi connectivity index (χ4v) is 2.07. The molecule has 4 nitrogen and oxygen atoms in total. The number of rotatable bonds is 6. The summed E-state index contributed by atoms with van der Waals surface area (Å²) in [5.74, 6) is 0.880. The highest BCUT2D eigenvalue weighted by atomic mass is 16.5. The SMILES string of the molecule is COc1ccc2cc(CNCCNC(C)=O)ccc2c1. The molecule has 0 aliphatic rings. The standard InChI is InChI=1S/C16H20N2O2/c1-12(19)18-8-7-17-11-13-3-4-15-10-16(20-2)6-5-14(15)9-13/h3-6,9-10,17H,7-8,11H2,1-2H3,(H,18,19). The summed E-state index contributed by atoms with van der Waals surface area (Å²) >= 11 is 0. The highest BCUT2D eigenvalue weighted by Crippen LogP contribution is 2.21. The number of fused-ring (bicyclic) bond motifs is 1. The lowest BCUT2D eigenvalue weighted by molar-refractivity contribution is -0.118. The molecule has 2 N–H and O–H groups in total. The lowest BCUT2D eigenvalue weighted by Crippen LogP contribution is -2.29. The van der Waals surface area contributed by atoms with Crippen LogP contribution in [0.1, 0.15) is 12.5 Å². The fraction of sp³-hybridized carbons (Fsp3) is 0.312. The van der Waals surface area contributed by atoms with E-state index in [1.165, 1.54) is 23.3 Å². The van der Waals surface area contributed by atoms with Crippen LogP contribution in [0.3, 0.4) is 0 Å². The summed E-state index contributed by atoms with van der Waals surface area (Å²) in [4.78, 5) is 10.7. The Labute approximate surface area is 119 Å². The summed E-state index contributed by atoms with van der Waals surface area (Å²) in [6.45, 7) is 3.74. The van der Waals surface area contributed by atoms with Gasteiger partial charge in [-0.2, -0.15) is 0 Å². The summed E-state index contributed by atoms with van der Waals surface area (Å²) in [7, 11) is 1.68. The summed E-state index contributed by atoms with van der Waals surface area (Å²) in [6, 6.07) is 12.4. The van der Waals surface area contributed by atoms with Crippen LogP contribution in [-0.4, -0.2) is 26.1 Å². The molecule has 0 saturated heterocycles. The van der Waals surface area contributed by atoms with Crippen LogP contribution in [0.4, 0.5) is 0 Å². The zero-order chi connectivity index (χ0) is 14.4. The first-order valence-corrected chi connectivity index (χ1v) is 6.71. The minimum absolute atomic E-state index is 0.00597. The van der Waals surface area contributed by atoms with Gasteiger partial charge in [-0.1, -0.05) is 18.2 Å². The third-order valence-electron chi connectivity index (χ3n) is 3.12. The molecule has 20 heavy (non-hydrogen) atoms. The van der Waals surface area contributed by atoms with Crippen molar-refractivity contribution < 1.29 is 9.53 Å². The van der Waals surface area contributed by atoms with Crippen LogP contribution in [-0.2, 0) is 11.3 Å². The van der Waals surface area contributed by atoms with Gasteiger partial charge in [-0.15, -0.1) is 0 Å². The Morgan fingerprint density at radius 1 is 1.10 bits per heavy atom. The molecule has 0 bridgehead atoms. The van der Waals surface area contributed by atoms with Crippen LogP contribution >= 0.6 is 0 Å². The van der Waals surface area contributed by atoms with Gasteiger partial charge < -0.3 is 15.4 Å². The van der Waals surface area contributed by atoms with Gasteiger partial charge in [0.2, 0.25) is 5.91 Å². The lowest BCUT2D eigenvalue weighted by atomic mass is 10.1. The molecule has 2 aromatic carbocycles. The van der Waals surface area contributed by atoms with E-state index in [-0.39, 0.29) is 5.91 Å². The van der Waals surface area contributed by atoms with Gasteiger partial charge in [0.15, 0.2) is 0 Å². The Kier molecular flexibility index (Phi) is 4.96. The minimum atomic E-state index is 0.00597. The fourth-order valence-electron chi connectivity index (χ4n) is 2.07. The Morgan fingerprint density at radius 2 is 1.85 bits per heavy atom. The van der Waals surface area contributed by atoms with E-state index in [0.717, 1.165) is 18.8 Å². The maximum Gasteiger partial charge on any atom is 0.216 e. The second-order valence-corrected chi connectivity index (χ2v) is 4.71. The van der Waals surface area contributed by atoms with Gasteiger partial charge in [-0.3, -0.25) is 4.79 Å². The number of methoxy groups -OCH3 is 1. The van der Waals surface area contributed by atoms with Crippen LogP contribution in [0.2, 0.25) is 0 Å². The molecule has 0 radical (unpaired) electrons. The van der Waals surface area contributed by atoms with Gasteiger partial charge >= 0.3 is 0 Å². The third kappa shape index (κ3) is 3.96. The Hall–Kier alpha value is -2.07. The number of ether oxygens (including phenoxy) is 1. The van der Waals surface area contributed by atoms with E-state index in [1.54, 1.807) is 7.11 Å². The lowest BCUT2D eigenvalue weighted by Gasteiger charge is -2.07. The molecule has 0 heterocycles. The average Bonchev–Trinajstić information content (AvgIpc) is 2.46. The Morgan fingerprint density at radius 3 is 2.60 bits per heavy atom. The molecule has 0 spiro atoms. The van der Waals surface area contributed by atoms with E-state index in [4.69, 9.17) is 4.74 Å². The maximum atomic E-state index is 10.7. The number of nitrogens with one attached hydrogen (secondary N) is 2. The van der Waals surface area contributed by atoms with Crippen LogP contribution in [0.25, 0.3) is 10.8 Å². The normalized spacial score (nSPS) is 10.5. The molecule has 106 valence electrons. The van der Waals surface area contributed by atoms with E-state index < -0.39 is 0 Å². The van der Waals surface area contributed by atoms with Crippen molar-refractivity contribution in [2.75, 3.05) is 20.2 Å². The van der Waals surface area contributed by atoms with Gasteiger partial charge in [-0.05, 0) is 34.5 Å². The van der Waals surface area contributed by atoms with Crippen molar-refractivity contribution >= 4 is 16.7 Å². The average molecular weight is 272 g/mol. The van der Waals surface area contributed by atoms with E-state index in [1.807, 2.05) is 12.1 Å². The number of benzene rings is 2. The minimum Gasteiger partial charge on any atom is -0.497 e. The first-order valence-electron chi connectivity index (χ1n) is 6.71. The van der Waals surface area contributed by atoms with Gasteiger partial charge in [0.1, 0.15) is 5.75 Å². The molecular weight excluding hydrogens is 252 g/mol. The van der Waals surface area contributed by atoms with Crippen molar-refractivity contribution in [1.29, 1.82) is 0 Å². The number of carbonyl (C=O) groups excluding carboxylic acids is 1. The number of hydrogen-bond acceptors (Lipinski definition) is 3. The zero-order valence-corrected chi connectivity index (χ0v) is 11.9. The van der Waals surface area contributed by atoms with E-state index in [2.05, 4.69) is 34.9 Å². The van der Waals surface area contributed by atoms with Crippen LogP contribution in [0.15, 0.2) is 36.4 Å². The molecule has 2 aromatic rings. The molecule has 0 aliphatic heterocycles. The topological polar surface area (TPSA) is 50.4 Å². The molecule has 0 aliphatic carbocycles. The van der Waals surface area contributed by atoms with Crippen molar-refractivity contribution in [3.63, 3.8) is 0 Å². The summed E-state index contributed by atoms with van der Waals surface area (Å²) in [5.41, 5.74) is 1.23. The molecule has 0 saturated carbocycles. The van der Waals surface area contributed by atoms with Crippen molar-refractivity contribution in [3.05, 3.63) is 42.0 Å². The molecular formula is C16H20N2O2. The molecule has 0 fully saturated rings. The van der Waals surface area contributed by atoms with Gasteiger partial charge in [0.25, 0.3) is 0 Å².